The van der Waals surface area contributed by atoms with Crippen molar-refractivity contribution in [3.8, 4) is 5.69 Å². The Balaban J connectivity index is 1.48. The van der Waals surface area contributed by atoms with Crippen LogP contribution in [0.15, 0.2) is 85.2 Å². The van der Waals surface area contributed by atoms with Crippen LogP contribution in [0.4, 0.5) is 5.69 Å². The molecule has 0 spiro atoms. The van der Waals surface area contributed by atoms with E-state index in [1.807, 2.05) is 96.2 Å². The van der Waals surface area contributed by atoms with Crippen LogP contribution in [0.3, 0.4) is 0 Å². The fraction of sp³-hybridized carbons (Fsp3) is 0.226. The summed E-state index contributed by atoms with van der Waals surface area (Å²) in [5, 5.41) is 7.02. The van der Waals surface area contributed by atoms with Crippen molar-refractivity contribution in [2.24, 2.45) is 0 Å². The standard InChI is InChI=1S/C31H31N5O3S/c1-20-13-14-21(2)24(19-20)33-27(37)15-18-36-29(28(34-31(36)40)23-10-6-7-16-32-23)26-12-8-17-35(26)25-11-5-4-9-22(25)30(38)39-3/h4-14,16-17,19,28-29H,15,18H2,1-3H3,(H,33,37)(H,34,40)/t28-,29+/m0/s1. The van der Waals surface area contributed by atoms with E-state index in [4.69, 9.17) is 17.0 Å². The molecule has 5 rings (SSSR count). The molecule has 2 aromatic carbocycles. The molecule has 4 aromatic rings. The number of carbonyl (C=O) groups is 2. The van der Waals surface area contributed by atoms with Crippen molar-refractivity contribution in [1.29, 1.82) is 0 Å². The first kappa shape index (κ1) is 27.1. The summed E-state index contributed by atoms with van der Waals surface area (Å²) in [6.45, 7) is 4.36. The molecule has 1 aliphatic heterocycles. The molecular formula is C31H31N5O3S. The Hall–Kier alpha value is -4.50. The molecule has 2 atom stereocenters. The number of pyridine rings is 1. The lowest BCUT2D eigenvalue weighted by molar-refractivity contribution is -0.116. The van der Waals surface area contributed by atoms with Gasteiger partial charge >= 0.3 is 5.97 Å². The second kappa shape index (κ2) is 11.7. The van der Waals surface area contributed by atoms with Gasteiger partial charge in [0.2, 0.25) is 5.91 Å². The van der Waals surface area contributed by atoms with Crippen LogP contribution in [0.2, 0.25) is 0 Å². The number of hydrogen-bond donors (Lipinski definition) is 2. The summed E-state index contributed by atoms with van der Waals surface area (Å²) in [4.78, 5) is 32.3. The maximum absolute atomic E-state index is 13.1. The third kappa shape index (κ3) is 5.46. The first-order chi connectivity index (χ1) is 19.4. The number of nitrogens with zero attached hydrogens (tertiary/aromatic N) is 3. The van der Waals surface area contributed by atoms with E-state index in [1.54, 1.807) is 12.3 Å². The van der Waals surface area contributed by atoms with E-state index in [1.165, 1.54) is 7.11 Å². The predicted molar refractivity (Wildman–Crippen MR) is 158 cm³/mol. The van der Waals surface area contributed by atoms with Crippen LogP contribution in [-0.2, 0) is 9.53 Å². The summed E-state index contributed by atoms with van der Waals surface area (Å²) in [5.41, 5.74) is 5.76. The number of benzene rings is 2. The van der Waals surface area contributed by atoms with Gasteiger partial charge in [-0.3, -0.25) is 9.78 Å². The highest BCUT2D eigenvalue weighted by Gasteiger charge is 2.41. The summed E-state index contributed by atoms with van der Waals surface area (Å²) >= 11 is 5.81. The molecule has 9 heteroatoms. The second-order valence-corrected chi connectivity index (χ2v) is 10.1. The molecule has 204 valence electrons. The van der Waals surface area contributed by atoms with E-state index in [9.17, 15) is 9.59 Å². The highest BCUT2D eigenvalue weighted by Crippen LogP contribution is 2.40. The van der Waals surface area contributed by atoms with Gasteiger partial charge in [0.1, 0.15) is 0 Å². The average Bonchev–Trinajstić information content (AvgIpc) is 3.58. The Morgan fingerprint density at radius 3 is 2.62 bits per heavy atom. The number of aryl methyl sites for hydroxylation is 2. The molecule has 1 amide bonds. The molecule has 3 heterocycles. The molecule has 1 fully saturated rings. The highest BCUT2D eigenvalue weighted by molar-refractivity contribution is 7.80. The lowest BCUT2D eigenvalue weighted by atomic mass is 10.0. The number of ether oxygens (including phenoxy) is 1. The third-order valence-electron chi connectivity index (χ3n) is 7.10. The minimum Gasteiger partial charge on any atom is -0.465 e. The average molecular weight is 554 g/mol. The zero-order chi connectivity index (χ0) is 28.2. The number of anilines is 1. The summed E-state index contributed by atoms with van der Waals surface area (Å²) < 4.78 is 7.03. The number of para-hydroxylation sites is 1. The van der Waals surface area contributed by atoms with Gasteiger partial charge in [-0.2, -0.15) is 0 Å². The first-order valence-electron chi connectivity index (χ1n) is 13.1. The smallest absolute Gasteiger partial charge is 0.339 e. The lowest BCUT2D eigenvalue weighted by Gasteiger charge is -2.29. The number of carbonyl (C=O) groups excluding carboxylic acids is 2. The molecule has 0 bridgehead atoms. The number of methoxy groups -OCH3 is 1. The van der Waals surface area contributed by atoms with Gasteiger partial charge in [0.15, 0.2) is 5.11 Å². The molecule has 1 aliphatic rings. The van der Waals surface area contributed by atoms with Crippen molar-refractivity contribution in [1.82, 2.24) is 19.8 Å². The molecule has 1 saturated heterocycles. The second-order valence-electron chi connectivity index (χ2n) is 9.75. The van der Waals surface area contributed by atoms with Gasteiger partial charge in [0.25, 0.3) is 0 Å². The molecule has 0 unspecified atom stereocenters. The van der Waals surface area contributed by atoms with Crippen molar-refractivity contribution in [2.75, 3.05) is 19.0 Å². The zero-order valence-electron chi connectivity index (χ0n) is 22.6. The van der Waals surface area contributed by atoms with Crippen LogP contribution in [0, 0.1) is 13.8 Å². The molecule has 0 radical (unpaired) electrons. The minimum atomic E-state index is -0.420. The van der Waals surface area contributed by atoms with E-state index >= 15 is 0 Å². The van der Waals surface area contributed by atoms with Crippen molar-refractivity contribution >= 4 is 34.9 Å². The Bertz CT molecular complexity index is 1550. The van der Waals surface area contributed by atoms with Gasteiger partial charge in [-0.1, -0.05) is 30.3 Å². The quantitative estimate of drug-likeness (QED) is 0.227. The van der Waals surface area contributed by atoms with E-state index in [-0.39, 0.29) is 24.4 Å². The fourth-order valence-electron chi connectivity index (χ4n) is 5.09. The monoisotopic (exact) mass is 553 g/mol. The van der Waals surface area contributed by atoms with E-state index in [2.05, 4.69) is 15.6 Å². The van der Waals surface area contributed by atoms with Crippen LogP contribution >= 0.6 is 12.2 Å². The minimum absolute atomic E-state index is 0.0945. The Morgan fingerprint density at radius 1 is 1.05 bits per heavy atom. The van der Waals surface area contributed by atoms with Crippen LogP contribution < -0.4 is 10.6 Å². The summed E-state index contributed by atoms with van der Waals surface area (Å²) in [6.07, 6.45) is 3.91. The van der Waals surface area contributed by atoms with Crippen molar-refractivity contribution in [3.05, 3.63) is 113 Å². The molecule has 40 heavy (non-hydrogen) atoms. The largest absolute Gasteiger partial charge is 0.465 e. The topological polar surface area (TPSA) is 88.5 Å². The van der Waals surface area contributed by atoms with Crippen LogP contribution in [0.5, 0.6) is 0 Å². The van der Waals surface area contributed by atoms with Gasteiger partial charge in [0.05, 0.1) is 36.1 Å². The molecule has 8 nitrogen and oxygen atoms in total. The highest BCUT2D eigenvalue weighted by atomic mass is 32.1. The maximum atomic E-state index is 13.1. The fourth-order valence-corrected chi connectivity index (χ4v) is 5.43. The van der Waals surface area contributed by atoms with Crippen LogP contribution in [0.1, 0.15) is 51.4 Å². The maximum Gasteiger partial charge on any atom is 0.339 e. The Labute approximate surface area is 239 Å². The van der Waals surface area contributed by atoms with Crippen molar-refractivity contribution < 1.29 is 14.3 Å². The summed E-state index contributed by atoms with van der Waals surface area (Å²) in [5.74, 6) is -0.514. The lowest BCUT2D eigenvalue weighted by Crippen LogP contribution is -2.33. The van der Waals surface area contributed by atoms with Gasteiger partial charge in [-0.15, -0.1) is 0 Å². The van der Waals surface area contributed by atoms with E-state index in [0.29, 0.717) is 22.9 Å². The van der Waals surface area contributed by atoms with Gasteiger partial charge in [-0.25, -0.2) is 4.79 Å². The van der Waals surface area contributed by atoms with Crippen molar-refractivity contribution in [3.63, 3.8) is 0 Å². The van der Waals surface area contributed by atoms with Gasteiger partial charge < -0.3 is 24.8 Å². The van der Waals surface area contributed by atoms with Gasteiger partial charge in [-0.05, 0) is 79.7 Å². The number of aromatic nitrogens is 2. The third-order valence-corrected chi connectivity index (χ3v) is 7.45. The summed E-state index contributed by atoms with van der Waals surface area (Å²) in [6, 6.07) is 22.5. The number of nitrogens with one attached hydrogen (secondary N) is 2. The Morgan fingerprint density at radius 2 is 1.85 bits per heavy atom. The number of thiocarbonyl (C=S) groups is 1. The van der Waals surface area contributed by atoms with Crippen LogP contribution in [-0.4, -0.2) is 45.1 Å². The van der Waals surface area contributed by atoms with E-state index < -0.39 is 5.97 Å². The molecule has 2 aromatic heterocycles. The number of esters is 1. The van der Waals surface area contributed by atoms with Gasteiger partial charge in [0, 0.05) is 36.7 Å². The predicted octanol–water partition coefficient (Wildman–Crippen LogP) is 5.28. The summed E-state index contributed by atoms with van der Waals surface area (Å²) in [7, 11) is 1.37. The first-order valence-corrected chi connectivity index (χ1v) is 13.5. The van der Waals surface area contributed by atoms with E-state index in [0.717, 1.165) is 28.2 Å². The molecule has 0 aliphatic carbocycles. The number of amides is 1. The number of rotatable bonds is 8. The Kier molecular flexibility index (Phi) is 7.93. The van der Waals surface area contributed by atoms with Crippen LogP contribution in [0.25, 0.3) is 5.69 Å². The SMILES string of the molecule is COC(=O)c1ccccc1-n1cccc1[C@@H]1[C@H](c2ccccn2)NC(=S)N1CCC(=O)Nc1cc(C)ccc1C. The normalized spacial score (nSPS) is 16.5. The number of hydrogen-bond acceptors (Lipinski definition) is 5. The zero-order valence-corrected chi connectivity index (χ0v) is 23.4. The van der Waals surface area contributed by atoms with Crippen molar-refractivity contribution in [2.45, 2.75) is 32.4 Å². The molecule has 0 saturated carbocycles. The molecule has 2 N–H and O–H groups in total. The molecular weight excluding hydrogens is 522 g/mol.